The molecule has 1 N–H and O–H groups in total. The molecule has 1 unspecified atom stereocenters. The third-order valence-electron chi connectivity index (χ3n) is 3.37. The van der Waals surface area contributed by atoms with Crippen LogP contribution >= 0.6 is 23.4 Å². The van der Waals surface area contributed by atoms with Gasteiger partial charge in [0.15, 0.2) is 5.16 Å². The summed E-state index contributed by atoms with van der Waals surface area (Å²) in [5.74, 6) is 0.549. The molecule has 0 spiro atoms. The highest BCUT2D eigenvalue weighted by atomic mass is 35.5. The van der Waals surface area contributed by atoms with Gasteiger partial charge in [-0.2, -0.15) is 0 Å². The second-order valence-corrected chi connectivity index (χ2v) is 6.54. The molecule has 1 amide bonds. The molecule has 22 heavy (non-hydrogen) atoms. The number of hydrogen-bond acceptors (Lipinski definition) is 4. The lowest BCUT2D eigenvalue weighted by Crippen LogP contribution is -2.27. The van der Waals surface area contributed by atoms with Gasteiger partial charge in [-0.25, -0.2) is 4.98 Å². The van der Waals surface area contributed by atoms with Gasteiger partial charge in [-0.15, -0.1) is 0 Å². The van der Waals surface area contributed by atoms with E-state index in [4.69, 9.17) is 11.6 Å². The average Bonchev–Trinajstić information content (AvgIpc) is 2.84. The lowest BCUT2D eigenvalue weighted by Gasteiger charge is -2.13. The van der Waals surface area contributed by atoms with Crippen LogP contribution in [-0.2, 0) is 4.79 Å². The van der Waals surface area contributed by atoms with Gasteiger partial charge in [0.25, 0.3) is 5.56 Å². The molecule has 1 aromatic carbocycles. The Labute approximate surface area is 136 Å². The van der Waals surface area contributed by atoms with E-state index >= 15 is 0 Å². The first-order valence-corrected chi connectivity index (χ1v) is 8.17. The molecule has 0 aliphatic carbocycles. The maximum atomic E-state index is 12.2. The number of amides is 1. The fourth-order valence-electron chi connectivity index (χ4n) is 2.37. The molecule has 0 bridgehead atoms. The third-order valence-corrected chi connectivity index (χ3v) is 4.72. The van der Waals surface area contributed by atoms with Crippen molar-refractivity contribution in [1.29, 1.82) is 0 Å². The Balaban J connectivity index is 1.72. The van der Waals surface area contributed by atoms with E-state index < -0.39 is 0 Å². The summed E-state index contributed by atoms with van der Waals surface area (Å²) < 4.78 is 1.61. The Bertz CT molecular complexity index is 773. The van der Waals surface area contributed by atoms with E-state index in [-0.39, 0.29) is 23.9 Å². The molecule has 0 saturated carbocycles. The number of aryl methyl sites for hydroxylation is 1. The van der Waals surface area contributed by atoms with E-state index in [1.165, 1.54) is 17.8 Å². The minimum Gasteiger partial charge on any atom is -0.326 e. The zero-order valence-electron chi connectivity index (χ0n) is 11.9. The maximum Gasteiger partial charge on any atom is 0.254 e. The van der Waals surface area contributed by atoms with E-state index in [2.05, 4.69) is 10.3 Å². The standard InChI is InChI=1S/C15H14ClN3O2S/c1-9-6-14(21)19-12(8-22-15(19)17-9)7-13(20)18-11-4-2-10(16)3-5-11/h2-6,12H,7-8H2,1H3,(H,18,20). The molecular weight excluding hydrogens is 322 g/mol. The minimum atomic E-state index is -0.159. The van der Waals surface area contributed by atoms with Crippen LogP contribution in [0.4, 0.5) is 5.69 Å². The molecule has 3 rings (SSSR count). The van der Waals surface area contributed by atoms with E-state index in [0.29, 0.717) is 27.3 Å². The van der Waals surface area contributed by atoms with Crippen LogP contribution in [0.15, 0.2) is 40.3 Å². The molecule has 114 valence electrons. The molecule has 1 atom stereocenters. The molecule has 7 heteroatoms. The van der Waals surface area contributed by atoms with Crippen molar-refractivity contribution in [2.24, 2.45) is 0 Å². The molecule has 0 radical (unpaired) electrons. The van der Waals surface area contributed by atoms with Crippen LogP contribution in [0.3, 0.4) is 0 Å². The summed E-state index contributed by atoms with van der Waals surface area (Å²) in [7, 11) is 0. The summed E-state index contributed by atoms with van der Waals surface area (Å²) in [6.07, 6.45) is 0.243. The number of benzene rings is 1. The molecular formula is C15H14ClN3O2S. The smallest absolute Gasteiger partial charge is 0.254 e. The van der Waals surface area contributed by atoms with E-state index in [9.17, 15) is 9.59 Å². The van der Waals surface area contributed by atoms with Crippen molar-refractivity contribution in [2.75, 3.05) is 11.1 Å². The predicted molar refractivity (Wildman–Crippen MR) is 87.7 cm³/mol. The Hall–Kier alpha value is -1.79. The van der Waals surface area contributed by atoms with Crippen LogP contribution in [-0.4, -0.2) is 21.2 Å². The van der Waals surface area contributed by atoms with Gasteiger partial charge in [-0.05, 0) is 31.2 Å². The SMILES string of the molecule is Cc1cc(=O)n2c(n1)SCC2CC(=O)Nc1ccc(Cl)cc1. The summed E-state index contributed by atoms with van der Waals surface area (Å²) in [6, 6.07) is 8.26. The van der Waals surface area contributed by atoms with Crippen molar-refractivity contribution < 1.29 is 4.79 Å². The number of hydrogen-bond donors (Lipinski definition) is 1. The van der Waals surface area contributed by atoms with Crippen molar-refractivity contribution in [3.8, 4) is 0 Å². The Kier molecular flexibility index (Phi) is 4.22. The number of nitrogens with one attached hydrogen (secondary N) is 1. The highest BCUT2D eigenvalue weighted by Crippen LogP contribution is 2.32. The summed E-state index contributed by atoms with van der Waals surface area (Å²) in [4.78, 5) is 28.6. The predicted octanol–water partition coefficient (Wildman–Crippen LogP) is 2.88. The van der Waals surface area contributed by atoms with Gasteiger partial charge in [-0.1, -0.05) is 23.4 Å². The van der Waals surface area contributed by atoms with Crippen molar-refractivity contribution in [1.82, 2.24) is 9.55 Å². The Morgan fingerprint density at radius 2 is 2.18 bits per heavy atom. The molecule has 5 nitrogen and oxygen atoms in total. The largest absolute Gasteiger partial charge is 0.326 e. The molecule has 1 aliphatic rings. The minimum absolute atomic E-state index is 0.100. The van der Waals surface area contributed by atoms with E-state index in [1.807, 2.05) is 0 Å². The first-order chi connectivity index (χ1) is 10.5. The van der Waals surface area contributed by atoms with Gasteiger partial charge in [0.1, 0.15) is 0 Å². The van der Waals surface area contributed by atoms with E-state index in [1.54, 1.807) is 35.8 Å². The van der Waals surface area contributed by atoms with Gasteiger partial charge in [0.2, 0.25) is 5.91 Å². The van der Waals surface area contributed by atoms with Crippen LogP contribution in [0.2, 0.25) is 5.02 Å². The first kappa shape index (κ1) is 15.1. The van der Waals surface area contributed by atoms with Crippen LogP contribution in [0, 0.1) is 6.92 Å². The first-order valence-electron chi connectivity index (χ1n) is 6.81. The van der Waals surface area contributed by atoms with Crippen molar-refractivity contribution in [2.45, 2.75) is 24.5 Å². The fraction of sp³-hybridized carbons (Fsp3) is 0.267. The second kappa shape index (κ2) is 6.14. The second-order valence-electron chi connectivity index (χ2n) is 5.11. The van der Waals surface area contributed by atoms with Gasteiger partial charge in [0.05, 0.1) is 6.04 Å². The van der Waals surface area contributed by atoms with Crippen molar-refractivity contribution >= 4 is 35.0 Å². The third kappa shape index (κ3) is 3.18. The quantitative estimate of drug-likeness (QED) is 0.876. The Morgan fingerprint density at radius 1 is 1.45 bits per heavy atom. The number of anilines is 1. The lowest BCUT2D eigenvalue weighted by molar-refractivity contribution is -0.116. The van der Waals surface area contributed by atoms with Gasteiger partial charge in [-0.3, -0.25) is 14.2 Å². The number of halogens is 1. The number of fused-ring (bicyclic) bond motifs is 1. The summed E-state index contributed by atoms with van der Waals surface area (Å²) in [6.45, 7) is 1.80. The number of carbonyl (C=O) groups excluding carboxylic acids is 1. The van der Waals surface area contributed by atoms with Gasteiger partial charge >= 0.3 is 0 Å². The van der Waals surface area contributed by atoms with Crippen molar-refractivity contribution in [3.05, 3.63) is 51.4 Å². The molecule has 2 aromatic rings. The van der Waals surface area contributed by atoms with Gasteiger partial charge < -0.3 is 5.32 Å². The number of carbonyl (C=O) groups is 1. The zero-order valence-corrected chi connectivity index (χ0v) is 13.4. The maximum absolute atomic E-state index is 12.2. The number of aromatic nitrogens is 2. The van der Waals surface area contributed by atoms with Crippen LogP contribution in [0.1, 0.15) is 18.2 Å². The van der Waals surface area contributed by atoms with Crippen LogP contribution in [0.5, 0.6) is 0 Å². The van der Waals surface area contributed by atoms with E-state index in [0.717, 1.165) is 0 Å². The van der Waals surface area contributed by atoms with Crippen molar-refractivity contribution in [3.63, 3.8) is 0 Å². The monoisotopic (exact) mass is 335 g/mol. The number of thioether (sulfide) groups is 1. The molecule has 2 heterocycles. The lowest BCUT2D eigenvalue weighted by atomic mass is 10.2. The summed E-state index contributed by atoms with van der Waals surface area (Å²) in [5, 5.41) is 4.12. The topological polar surface area (TPSA) is 64.0 Å². The molecule has 1 aromatic heterocycles. The van der Waals surface area contributed by atoms with Crippen LogP contribution < -0.4 is 10.9 Å². The zero-order chi connectivity index (χ0) is 15.7. The number of rotatable bonds is 3. The average molecular weight is 336 g/mol. The van der Waals surface area contributed by atoms with Gasteiger partial charge in [0, 0.05) is 34.6 Å². The summed E-state index contributed by atoms with van der Waals surface area (Å²) in [5.41, 5.74) is 1.29. The highest BCUT2D eigenvalue weighted by Gasteiger charge is 2.27. The highest BCUT2D eigenvalue weighted by molar-refractivity contribution is 7.99. The fourth-order valence-corrected chi connectivity index (χ4v) is 3.69. The molecule has 1 aliphatic heterocycles. The number of nitrogens with zero attached hydrogens (tertiary/aromatic N) is 2. The summed E-state index contributed by atoms with van der Waals surface area (Å²) >= 11 is 7.32. The Morgan fingerprint density at radius 3 is 2.91 bits per heavy atom. The normalized spacial score (nSPS) is 16.4. The molecule has 0 fully saturated rings. The molecule has 0 saturated heterocycles. The van der Waals surface area contributed by atoms with Crippen LogP contribution in [0.25, 0.3) is 0 Å².